The number of hydrazine groups is 1. The molecular weight excluding hydrogens is 395 g/mol. The minimum absolute atomic E-state index is 0.124. The van der Waals surface area contributed by atoms with Gasteiger partial charge < -0.3 is 4.98 Å². The first kappa shape index (κ1) is 20.3. The molecule has 0 saturated carbocycles. The Labute approximate surface area is 178 Å². The van der Waals surface area contributed by atoms with Crippen molar-refractivity contribution in [1.82, 2.24) is 20.8 Å². The van der Waals surface area contributed by atoms with Crippen molar-refractivity contribution in [1.29, 1.82) is 0 Å². The van der Waals surface area contributed by atoms with Crippen LogP contribution in [0.25, 0.3) is 22.3 Å². The van der Waals surface area contributed by atoms with Gasteiger partial charge in [-0.3, -0.25) is 25.4 Å². The predicted molar refractivity (Wildman–Crippen MR) is 116 cm³/mol. The number of aromatic nitrogens is 2. The largest absolute Gasteiger partial charge is 0.353 e. The molecule has 4 rings (SSSR count). The average molecular weight is 416 g/mol. The number of halogens is 1. The van der Waals surface area contributed by atoms with Gasteiger partial charge in [0.05, 0.1) is 17.0 Å². The number of hydrogen-bond donors (Lipinski definition) is 3. The fourth-order valence-electron chi connectivity index (χ4n) is 3.52. The molecule has 31 heavy (non-hydrogen) atoms. The van der Waals surface area contributed by atoms with E-state index in [9.17, 15) is 14.0 Å². The van der Waals surface area contributed by atoms with Gasteiger partial charge in [-0.2, -0.15) is 0 Å². The maximum Gasteiger partial charge on any atom is 0.272 e. The number of aryl methyl sites for hydroxylation is 1. The number of nitrogens with one attached hydrogen (secondary N) is 3. The number of para-hydroxylation sites is 1. The van der Waals surface area contributed by atoms with E-state index in [4.69, 9.17) is 0 Å². The molecule has 0 radical (unpaired) electrons. The van der Waals surface area contributed by atoms with E-state index in [1.54, 1.807) is 12.3 Å². The van der Waals surface area contributed by atoms with Crippen LogP contribution in [0.1, 0.15) is 28.8 Å². The van der Waals surface area contributed by atoms with Gasteiger partial charge in [0.1, 0.15) is 5.82 Å². The molecule has 4 aromatic rings. The van der Waals surface area contributed by atoms with E-state index in [0.717, 1.165) is 27.9 Å². The minimum atomic E-state index is -0.694. The van der Waals surface area contributed by atoms with E-state index >= 15 is 0 Å². The number of nitrogens with zero attached hydrogens (tertiary/aromatic N) is 1. The van der Waals surface area contributed by atoms with Gasteiger partial charge in [-0.1, -0.05) is 36.4 Å². The molecular formula is C24H21FN4O2. The van der Waals surface area contributed by atoms with Crippen LogP contribution in [0.3, 0.4) is 0 Å². The highest BCUT2D eigenvalue weighted by atomic mass is 19.1. The second-order valence-electron chi connectivity index (χ2n) is 7.07. The van der Waals surface area contributed by atoms with Crippen LogP contribution in [0.4, 0.5) is 4.39 Å². The third kappa shape index (κ3) is 4.61. The number of benzene rings is 2. The number of pyridine rings is 1. The lowest BCUT2D eigenvalue weighted by Gasteiger charge is -2.08. The lowest BCUT2D eigenvalue weighted by molar-refractivity contribution is -0.121. The minimum Gasteiger partial charge on any atom is -0.353 e. The number of H-pyrrole nitrogens is 1. The smallest absolute Gasteiger partial charge is 0.272 e. The van der Waals surface area contributed by atoms with Crippen molar-refractivity contribution in [3.8, 4) is 11.4 Å². The molecule has 2 aromatic carbocycles. The van der Waals surface area contributed by atoms with E-state index in [2.05, 4.69) is 20.8 Å². The highest BCUT2D eigenvalue weighted by molar-refractivity contribution is 5.95. The maximum atomic E-state index is 13.6. The Morgan fingerprint density at radius 1 is 0.935 bits per heavy atom. The molecule has 3 N–H and O–H groups in total. The summed E-state index contributed by atoms with van der Waals surface area (Å²) < 4.78 is 13.6. The van der Waals surface area contributed by atoms with Crippen molar-refractivity contribution in [2.45, 2.75) is 19.3 Å². The Morgan fingerprint density at radius 3 is 2.52 bits per heavy atom. The van der Waals surface area contributed by atoms with Crippen molar-refractivity contribution in [2.24, 2.45) is 0 Å². The van der Waals surface area contributed by atoms with Gasteiger partial charge >= 0.3 is 0 Å². The SMILES string of the molecule is O=C(CCCc1c(-c2ccccn2)[nH]c2ccccc12)NNC(=O)c1ccccc1F. The predicted octanol–water partition coefficient (Wildman–Crippen LogP) is 4.15. The van der Waals surface area contributed by atoms with Gasteiger partial charge in [-0.05, 0) is 48.7 Å². The summed E-state index contributed by atoms with van der Waals surface area (Å²) in [6.07, 6.45) is 3.18. The van der Waals surface area contributed by atoms with Crippen LogP contribution in [0, 0.1) is 5.82 Å². The van der Waals surface area contributed by atoms with E-state index < -0.39 is 11.7 Å². The zero-order valence-electron chi connectivity index (χ0n) is 16.7. The molecule has 0 aliphatic heterocycles. The van der Waals surface area contributed by atoms with Gasteiger partial charge in [0, 0.05) is 23.5 Å². The van der Waals surface area contributed by atoms with Gasteiger partial charge in [0.15, 0.2) is 0 Å². The van der Waals surface area contributed by atoms with Crippen molar-refractivity contribution in [2.75, 3.05) is 0 Å². The van der Waals surface area contributed by atoms with E-state index in [0.29, 0.717) is 12.8 Å². The molecule has 0 spiro atoms. The summed E-state index contributed by atoms with van der Waals surface area (Å²) in [5, 5.41) is 1.09. The molecule has 2 heterocycles. The molecule has 0 bridgehead atoms. The molecule has 2 aromatic heterocycles. The van der Waals surface area contributed by atoms with Crippen molar-refractivity contribution in [3.63, 3.8) is 0 Å². The van der Waals surface area contributed by atoms with Gasteiger partial charge in [-0.25, -0.2) is 4.39 Å². The summed E-state index contributed by atoms with van der Waals surface area (Å²) in [4.78, 5) is 32.0. The fourth-order valence-corrected chi connectivity index (χ4v) is 3.52. The summed E-state index contributed by atoms with van der Waals surface area (Å²) in [6.45, 7) is 0. The summed E-state index contributed by atoms with van der Waals surface area (Å²) >= 11 is 0. The lowest BCUT2D eigenvalue weighted by atomic mass is 10.0. The number of rotatable bonds is 6. The van der Waals surface area contributed by atoms with Crippen LogP contribution in [-0.2, 0) is 11.2 Å². The van der Waals surface area contributed by atoms with Crippen LogP contribution in [0.15, 0.2) is 72.9 Å². The zero-order chi connectivity index (χ0) is 21.6. The Kier molecular flexibility index (Phi) is 6.03. The number of carbonyl (C=O) groups is 2. The van der Waals surface area contributed by atoms with Crippen molar-refractivity contribution >= 4 is 22.7 Å². The molecule has 0 unspecified atom stereocenters. The molecule has 0 saturated heterocycles. The Hall–Kier alpha value is -4.00. The van der Waals surface area contributed by atoms with Crippen LogP contribution in [0.2, 0.25) is 0 Å². The second-order valence-corrected chi connectivity index (χ2v) is 7.07. The van der Waals surface area contributed by atoms with Crippen LogP contribution in [-0.4, -0.2) is 21.8 Å². The Morgan fingerprint density at radius 2 is 1.71 bits per heavy atom. The number of amides is 2. The zero-order valence-corrected chi connectivity index (χ0v) is 16.7. The first-order chi connectivity index (χ1) is 15.1. The Balaban J connectivity index is 1.39. The number of hydrogen-bond acceptors (Lipinski definition) is 3. The number of carbonyl (C=O) groups excluding carboxylic acids is 2. The quantitative estimate of drug-likeness (QED) is 0.413. The number of fused-ring (bicyclic) bond motifs is 1. The second kappa shape index (κ2) is 9.21. The molecule has 2 amide bonds. The van der Waals surface area contributed by atoms with Crippen LogP contribution < -0.4 is 10.9 Å². The summed E-state index contributed by atoms with van der Waals surface area (Å²) in [5.41, 5.74) is 8.37. The average Bonchev–Trinajstić information content (AvgIpc) is 3.17. The highest BCUT2D eigenvalue weighted by Crippen LogP contribution is 2.30. The normalized spacial score (nSPS) is 10.7. The molecule has 156 valence electrons. The molecule has 0 fully saturated rings. The maximum absolute atomic E-state index is 13.6. The summed E-state index contributed by atoms with van der Waals surface area (Å²) in [7, 11) is 0. The van der Waals surface area contributed by atoms with E-state index in [1.165, 1.54) is 18.2 Å². The van der Waals surface area contributed by atoms with Crippen molar-refractivity contribution < 1.29 is 14.0 Å². The first-order valence-electron chi connectivity index (χ1n) is 9.98. The van der Waals surface area contributed by atoms with E-state index in [1.807, 2.05) is 42.5 Å². The monoisotopic (exact) mass is 416 g/mol. The third-order valence-electron chi connectivity index (χ3n) is 5.00. The molecule has 0 aliphatic carbocycles. The number of aromatic amines is 1. The summed E-state index contributed by atoms with van der Waals surface area (Å²) in [5.74, 6) is -1.68. The van der Waals surface area contributed by atoms with Gasteiger partial charge in [-0.15, -0.1) is 0 Å². The first-order valence-corrected chi connectivity index (χ1v) is 9.98. The highest BCUT2D eigenvalue weighted by Gasteiger charge is 2.15. The summed E-state index contributed by atoms with van der Waals surface area (Å²) in [6, 6.07) is 19.3. The van der Waals surface area contributed by atoms with E-state index in [-0.39, 0.29) is 17.9 Å². The van der Waals surface area contributed by atoms with Crippen molar-refractivity contribution in [3.05, 3.63) is 89.9 Å². The Bertz CT molecular complexity index is 1220. The topological polar surface area (TPSA) is 86.9 Å². The molecule has 0 atom stereocenters. The lowest BCUT2D eigenvalue weighted by Crippen LogP contribution is -2.41. The molecule has 0 aliphatic rings. The van der Waals surface area contributed by atoms with Crippen LogP contribution in [0.5, 0.6) is 0 Å². The fraction of sp³-hybridized carbons (Fsp3) is 0.125. The standard InChI is InChI=1S/C24H21FN4O2/c25-19-11-3-1-9-18(19)24(31)29-28-22(30)14-7-10-17-16-8-2-4-12-20(16)27-23(17)21-13-5-6-15-26-21/h1-6,8-9,11-13,15,27H,7,10,14H2,(H,28,30)(H,29,31). The van der Waals surface area contributed by atoms with Gasteiger partial charge in [0.2, 0.25) is 5.91 Å². The van der Waals surface area contributed by atoms with Gasteiger partial charge in [0.25, 0.3) is 5.91 Å². The molecule has 7 heteroatoms. The van der Waals surface area contributed by atoms with Crippen LogP contribution >= 0.6 is 0 Å². The molecule has 6 nitrogen and oxygen atoms in total. The third-order valence-corrected chi connectivity index (χ3v) is 5.00.